The molecule has 0 saturated heterocycles. The van der Waals surface area contributed by atoms with Gasteiger partial charge in [0.1, 0.15) is 0 Å². The zero-order valence-electron chi connectivity index (χ0n) is 13.2. The van der Waals surface area contributed by atoms with Crippen LogP contribution in [0.2, 0.25) is 0 Å². The number of allylic oxidation sites excluding steroid dienone is 1. The molecule has 22 heavy (non-hydrogen) atoms. The Bertz CT molecular complexity index is 579. The molecule has 0 spiro atoms. The summed E-state index contributed by atoms with van der Waals surface area (Å²) < 4.78 is 5.36. The highest BCUT2D eigenvalue weighted by molar-refractivity contribution is 5.95. The van der Waals surface area contributed by atoms with E-state index >= 15 is 0 Å². The number of ether oxygens (including phenoxy) is 1. The second-order valence-corrected chi connectivity index (χ2v) is 5.80. The summed E-state index contributed by atoms with van der Waals surface area (Å²) in [6.45, 7) is 6.25. The Morgan fingerprint density at radius 3 is 2.59 bits per heavy atom. The van der Waals surface area contributed by atoms with Crippen molar-refractivity contribution in [1.82, 2.24) is 10.6 Å². The summed E-state index contributed by atoms with van der Waals surface area (Å²) in [7, 11) is 0. The first kappa shape index (κ1) is 16.1. The molecule has 2 N–H and O–H groups in total. The van der Waals surface area contributed by atoms with Crippen molar-refractivity contribution in [3.8, 4) is 0 Å². The van der Waals surface area contributed by atoms with Crippen molar-refractivity contribution in [2.45, 2.75) is 33.2 Å². The van der Waals surface area contributed by atoms with Crippen LogP contribution >= 0.6 is 0 Å². The molecule has 5 heteroatoms. The fraction of sp³-hybridized carbons (Fsp3) is 0.412. The Hall–Kier alpha value is -2.30. The Morgan fingerprint density at radius 2 is 1.95 bits per heavy atom. The zero-order chi connectivity index (χ0) is 16.1. The van der Waals surface area contributed by atoms with E-state index in [-0.39, 0.29) is 12.0 Å². The van der Waals surface area contributed by atoms with Gasteiger partial charge in [-0.05, 0) is 24.8 Å². The summed E-state index contributed by atoms with van der Waals surface area (Å²) in [5, 5.41) is 5.42. The van der Waals surface area contributed by atoms with Crippen LogP contribution < -0.4 is 10.6 Å². The van der Waals surface area contributed by atoms with Crippen LogP contribution in [0.25, 0.3) is 0 Å². The highest BCUT2D eigenvalue weighted by Crippen LogP contribution is 2.27. The maximum atomic E-state index is 12.4. The molecule has 0 radical (unpaired) electrons. The van der Waals surface area contributed by atoms with Gasteiger partial charge >= 0.3 is 12.0 Å². The van der Waals surface area contributed by atoms with E-state index in [1.54, 1.807) is 6.92 Å². The van der Waals surface area contributed by atoms with E-state index in [1.807, 2.05) is 30.3 Å². The highest BCUT2D eigenvalue weighted by Gasteiger charge is 2.31. The summed E-state index contributed by atoms with van der Waals surface area (Å²) in [6.07, 6.45) is 0.813. The lowest BCUT2D eigenvalue weighted by Crippen LogP contribution is -2.45. The number of urea groups is 1. The molecule has 0 unspecified atom stereocenters. The van der Waals surface area contributed by atoms with E-state index in [4.69, 9.17) is 4.74 Å². The number of nitrogens with one attached hydrogen (secondary N) is 2. The number of hydrogen-bond donors (Lipinski definition) is 2. The molecule has 2 amide bonds. The van der Waals surface area contributed by atoms with Gasteiger partial charge in [0.05, 0.1) is 18.2 Å². The maximum Gasteiger partial charge on any atom is 0.338 e. The van der Waals surface area contributed by atoms with Gasteiger partial charge < -0.3 is 15.4 Å². The van der Waals surface area contributed by atoms with Gasteiger partial charge in [-0.3, -0.25) is 0 Å². The van der Waals surface area contributed by atoms with Crippen LogP contribution in [-0.2, 0) is 9.53 Å². The minimum absolute atomic E-state index is 0.315. The molecule has 2 rings (SSSR count). The first-order chi connectivity index (χ1) is 10.5. The third-order valence-corrected chi connectivity index (χ3v) is 3.55. The molecule has 0 aromatic heterocycles. The Balaban J connectivity index is 2.22. The van der Waals surface area contributed by atoms with Gasteiger partial charge in [0.15, 0.2) is 0 Å². The van der Waals surface area contributed by atoms with Gasteiger partial charge in [-0.25, -0.2) is 9.59 Å². The van der Waals surface area contributed by atoms with E-state index in [1.165, 1.54) is 0 Å². The molecule has 1 heterocycles. The van der Waals surface area contributed by atoms with Crippen molar-refractivity contribution in [3.63, 3.8) is 0 Å². The average Bonchev–Trinajstić information content (AvgIpc) is 2.46. The van der Waals surface area contributed by atoms with Gasteiger partial charge in [0, 0.05) is 5.70 Å². The van der Waals surface area contributed by atoms with E-state index in [9.17, 15) is 9.59 Å². The third-order valence-electron chi connectivity index (χ3n) is 3.55. The standard InChI is InChI=1S/C17H22N2O3/c1-11(2)9-10-22-16(20)14-12(3)18-17(21)19-15(14)13-7-5-4-6-8-13/h4-8,11,15H,9-10H2,1-3H3,(H2,18,19,21)/t15-/m1/s1. The van der Waals surface area contributed by atoms with Crippen molar-refractivity contribution in [3.05, 3.63) is 47.2 Å². The maximum absolute atomic E-state index is 12.4. The van der Waals surface area contributed by atoms with Crippen molar-refractivity contribution >= 4 is 12.0 Å². The number of amides is 2. The Morgan fingerprint density at radius 1 is 1.27 bits per heavy atom. The summed E-state index contributed by atoms with van der Waals surface area (Å²) in [5.74, 6) is 0.0801. The molecule has 118 valence electrons. The summed E-state index contributed by atoms with van der Waals surface area (Å²) in [6, 6.07) is 8.60. The molecule has 1 aromatic rings. The van der Waals surface area contributed by atoms with E-state index in [0.717, 1.165) is 12.0 Å². The van der Waals surface area contributed by atoms with Gasteiger partial charge in [0.25, 0.3) is 0 Å². The number of hydrogen-bond acceptors (Lipinski definition) is 3. The summed E-state index contributed by atoms with van der Waals surface area (Å²) >= 11 is 0. The third kappa shape index (κ3) is 3.87. The predicted molar refractivity (Wildman–Crippen MR) is 84.0 cm³/mol. The van der Waals surface area contributed by atoms with Crippen LogP contribution in [0.15, 0.2) is 41.6 Å². The van der Waals surface area contributed by atoms with Crippen LogP contribution in [0.1, 0.15) is 38.8 Å². The van der Waals surface area contributed by atoms with Gasteiger partial charge in [-0.1, -0.05) is 44.2 Å². The normalized spacial score (nSPS) is 18.0. The first-order valence-corrected chi connectivity index (χ1v) is 7.49. The van der Waals surface area contributed by atoms with Crippen molar-refractivity contribution in [2.75, 3.05) is 6.61 Å². The fourth-order valence-corrected chi connectivity index (χ4v) is 2.32. The molecule has 1 aliphatic rings. The lowest BCUT2D eigenvalue weighted by molar-refractivity contribution is -0.139. The first-order valence-electron chi connectivity index (χ1n) is 7.49. The minimum Gasteiger partial charge on any atom is -0.462 e. The number of esters is 1. The van der Waals surface area contributed by atoms with Crippen molar-refractivity contribution in [2.24, 2.45) is 5.92 Å². The predicted octanol–water partition coefficient (Wildman–Crippen LogP) is 2.90. The number of benzene rings is 1. The SMILES string of the molecule is CC1=C(C(=O)OCCC(C)C)[C@@H](c2ccccc2)NC(=O)N1. The molecule has 0 saturated carbocycles. The van der Waals surface area contributed by atoms with Crippen molar-refractivity contribution in [1.29, 1.82) is 0 Å². The molecule has 0 bridgehead atoms. The lowest BCUT2D eigenvalue weighted by Gasteiger charge is -2.28. The van der Waals surface area contributed by atoms with Gasteiger partial charge in [0.2, 0.25) is 0 Å². The van der Waals surface area contributed by atoms with Crippen LogP contribution in [0.3, 0.4) is 0 Å². The molecule has 0 aliphatic carbocycles. The second kappa shape index (κ2) is 7.11. The number of rotatable bonds is 5. The highest BCUT2D eigenvalue weighted by atomic mass is 16.5. The zero-order valence-corrected chi connectivity index (χ0v) is 13.2. The topological polar surface area (TPSA) is 67.4 Å². The van der Waals surface area contributed by atoms with Crippen LogP contribution in [0, 0.1) is 5.92 Å². The van der Waals surface area contributed by atoms with Crippen LogP contribution in [0.4, 0.5) is 4.79 Å². The monoisotopic (exact) mass is 302 g/mol. The second-order valence-electron chi connectivity index (χ2n) is 5.80. The molecular formula is C17H22N2O3. The lowest BCUT2D eigenvalue weighted by atomic mass is 9.96. The molecule has 1 atom stereocenters. The minimum atomic E-state index is -0.485. The smallest absolute Gasteiger partial charge is 0.338 e. The van der Waals surface area contributed by atoms with E-state index in [0.29, 0.717) is 23.8 Å². The van der Waals surface area contributed by atoms with Crippen LogP contribution in [0.5, 0.6) is 0 Å². The van der Waals surface area contributed by atoms with E-state index < -0.39 is 6.04 Å². The molecule has 0 fully saturated rings. The quantitative estimate of drug-likeness (QED) is 0.822. The van der Waals surface area contributed by atoms with Gasteiger partial charge in [-0.15, -0.1) is 0 Å². The van der Waals surface area contributed by atoms with Gasteiger partial charge in [-0.2, -0.15) is 0 Å². The molecule has 1 aromatic carbocycles. The largest absolute Gasteiger partial charge is 0.462 e. The average molecular weight is 302 g/mol. The fourth-order valence-electron chi connectivity index (χ4n) is 2.32. The molecule has 5 nitrogen and oxygen atoms in total. The summed E-state index contributed by atoms with van der Waals surface area (Å²) in [5.41, 5.74) is 1.84. The molecular weight excluding hydrogens is 280 g/mol. The van der Waals surface area contributed by atoms with Crippen LogP contribution in [-0.4, -0.2) is 18.6 Å². The molecule has 1 aliphatic heterocycles. The Kier molecular flexibility index (Phi) is 5.20. The summed E-state index contributed by atoms with van der Waals surface area (Å²) in [4.78, 5) is 24.1. The number of carbonyl (C=O) groups excluding carboxylic acids is 2. The van der Waals surface area contributed by atoms with E-state index in [2.05, 4.69) is 24.5 Å². The van der Waals surface area contributed by atoms with Crippen molar-refractivity contribution < 1.29 is 14.3 Å². The Labute approximate surface area is 130 Å². The number of carbonyl (C=O) groups is 2.